The molecule has 2 nitrogen and oxygen atoms in total. The second-order valence-corrected chi connectivity index (χ2v) is 3.56. The van der Waals surface area contributed by atoms with Crippen LogP contribution in [-0.2, 0) is 6.42 Å². The van der Waals surface area contributed by atoms with Gasteiger partial charge in [-0.2, -0.15) is 0 Å². The minimum atomic E-state index is -0.176. The van der Waals surface area contributed by atoms with E-state index in [1.165, 1.54) is 6.07 Å². The molecule has 0 saturated carbocycles. The largest absolute Gasteiger partial charge is 0.492 e. The minimum Gasteiger partial charge on any atom is -0.492 e. The van der Waals surface area contributed by atoms with E-state index in [-0.39, 0.29) is 11.9 Å². The van der Waals surface area contributed by atoms with Gasteiger partial charge in [-0.25, -0.2) is 4.39 Å². The molecule has 1 aliphatic heterocycles. The lowest BCUT2D eigenvalue weighted by molar-refractivity contribution is 0.351. The third kappa shape index (κ3) is 1.38. The Kier molecular flexibility index (Phi) is 2.42. The van der Waals surface area contributed by atoms with Crippen molar-refractivity contribution < 1.29 is 9.13 Å². The van der Waals surface area contributed by atoms with Crippen molar-refractivity contribution >= 4 is 0 Å². The van der Waals surface area contributed by atoms with E-state index in [0.29, 0.717) is 24.3 Å². The Labute approximate surface area is 82.9 Å². The molecule has 0 aromatic heterocycles. The van der Waals surface area contributed by atoms with Crippen LogP contribution >= 0.6 is 0 Å². The van der Waals surface area contributed by atoms with Gasteiger partial charge in [0.1, 0.15) is 11.6 Å². The quantitative estimate of drug-likeness (QED) is 0.785. The normalized spacial score (nSPS) is 16.2. The molecule has 1 aliphatic rings. The molecule has 2 rings (SSSR count). The molecule has 1 aromatic carbocycles. The monoisotopic (exact) mass is 195 g/mol. The first kappa shape index (κ1) is 9.46. The first-order valence-electron chi connectivity index (χ1n) is 4.93. The molecule has 0 aliphatic carbocycles. The highest BCUT2D eigenvalue weighted by Crippen LogP contribution is 2.35. The summed E-state index contributed by atoms with van der Waals surface area (Å²) in [6.45, 7) is 2.58. The molecule has 0 bridgehead atoms. The average Bonchev–Trinajstić information content (AvgIpc) is 2.67. The predicted octanol–water partition coefficient (Wildman–Crippen LogP) is 2.17. The Morgan fingerprint density at radius 1 is 1.57 bits per heavy atom. The number of rotatable bonds is 2. The third-order valence-corrected chi connectivity index (χ3v) is 2.67. The molecule has 0 spiro atoms. The summed E-state index contributed by atoms with van der Waals surface area (Å²) < 4.78 is 18.7. The Balaban J connectivity index is 2.48. The number of nitrogens with two attached hydrogens (primary N) is 1. The van der Waals surface area contributed by atoms with Gasteiger partial charge in [0, 0.05) is 23.6 Å². The van der Waals surface area contributed by atoms with Crippen molar-refractivity contribution in [2.24, 2.45) is 5.73 Å². The fourth-order valence-electron chi connectivity index (χ4n) is 1.79. The van der Waals surface area contributed by atoms with E-state index >= 15 is 0 Å². The third-order valence-electron chi connectivity index (χ3n) is 2.67. The van der Waals surface area contributed by atoms with Crippen molar-refractivity contribution in [2.75, 3.05) is 6.61 Å². The predicted molar refractivity (Wildman–Crippen MR) is 52.8 cm³/mol. The summed E-state index contributed by atoms with van der Waals surface area (Å²) in [6.07, 6.45) is 1.49. The summed E-state index contributed by atoms with van der Waals surface area (Å²) in [4.78, 5) is 0. The maximum absolute atomic E-state index is 13.3. The molecule has 2 N–H and O–H groups in total. The molecular weight excluding hydrogens is 181 g/mol. The number of hydrogen-bond acceptors (Lipinski definition) is 2. The van der Waals surface area contributed by atoms with Gasteiger partial charge < -0.3 is 10.5 Å². The van der Waals surface area contributed by atoms with Crippen molar-refractivity contribution in [3.05, 3.63) is 29.1 Å². The standard InChI is InChI=1S/C11H14FNO/c1-2-10(13)8-3-4-9(12)7-5-6-14-11(7)8/h3-4,10H,2,5-6,13H2,1H3/t10-/m1/s1. The zero-order valence-electron chi connectivity index (χ0n) is 8.22. The van der Waals surface area contributed by atoms with E-state index in [9.17, 15) is 4.39 Å². The van der Waals surface area contributed by atoms with Gasteiger partial charge in [0.2, 0.25) is 0 Å². The van der Waals surface area contributed by atoms with Crippen LogP contribution in [0.5, 0.6) is 5.75 Å². The first-order chi connectivity index (χ1) is 6.74. The molecular formula is C11H14FNO. The molecule has 0 unspecified atom stereocenters. The first-order valence-corrected chi connectivity index (χ1v) is 4.93. The second kappa shape index (κ2) is 3.58. The van der Waals surface area contributed by atoms with Gasteiger partial charge in [0.15, 0.2) is 0 Å². The van der Waals surface area contributed by atoms with E-state index in [2.05, 4.69) is 0 Å². The fraction of sp³-hybridized carbons (Fsp3) is 0.455. The molecule has 0 saturated heterocycles. The van der Waals surface area contributed by atoms with Crippen LogP contribution in [0.25, 0.3) is 0 Å². The molecule has 0 amide bonds. The minimum absolute atomic E-state index is 0.0533. The number of halogens is 1. The molecule has 14 heavy (non-hydrogen) atoms. The number of hydrogen-bond donors (Lipinski definition) is 1. The summed E-state index contributed by atoms with van der Waals surface area (Å²) >= 11 is 0. The van der Waals surface area contributed by atoms with E-state index in [4.69, 9.17) is 10.5 Å². The summed E-state index contributed by atoms with van der Waals surface area (Å²) in [6, 6.07) is 3.16. The number of fused-ring (bicyclic) bond motifs is 1. The summed E-state index contributed by atoms with van der Waals surface area (Å²) in [5.74, 6) is 0.504. The van der Waals surface area contributed by atoms with Crippen LogP contribution in [0.4, 0.5) is 4.39 Å². The summed E-state index contributed by atoms with van der Waals surface area (Å²) in [5, 5.41) is 0. The van der Waals surface area contributed by atoms with Crippen LogP contribution in [0.1, 0.15) is 30.5 Å². The molecule has 1 aromatic rings. The molecule has 1 atom stereocenters. The van der Waals surface area contributed by atoms with Gasteiger partial charge >= 0.3 is 0 Å². The fourth-order valence-corrected chi connectivity index (χ4v) is 1.79. The van der Waals surface area contributed by atoms with Crippen molar-refractivity contribution in [1.29, 1.82) is 0 Å². The highest BCUT2D eigenvalue weighted by atomic mass is 19.1. The molecule has 1 heterocycles. The number of ether oxygens (including phenoxy) is 1. The van der Waals surface area contributed by atoms with Crippen LogP contribution in [0, 0.1) is 5.82 Å². The zero-order chi connectivity index (χ0) is 10.1. The molecule has 76 valence electrons. The van der Waals surface area contributed by atoms with Gasteiger partial charge in [-0.1, -0.05) is 13.0 Å². The average molecular weight is 195 g/mol. The lowest BCUT2D eigenvalue weighted by Gasteiger charge is -2.13. The van der Waals surface area contributed by atoms with Gasteiger partial charge in [-0.15, -0.1) is 0 Å². The molecule has 0 radical (unpaired) electrons. The van der Waals surface area contributed by atoms with Crippen LogP contribution in [0.2, 0.25) is 0 Å². The van der Waals surface area contributed by atoms with Gasteiger partial charge in [0.05, 0.1) is 6.61 Å². The SMILES string of the molecule is CC[C@@H](N)c1ccc(F)c2c1OCC2. The van der Waals surface area contributed by atoms with Crippen molar-refractivity contribution in [3.8, 4) is 5.75 Å². The molecule has 3 heteroatoms. The lowest BCUT2D eigenvalue weighted by Crippen LogP contribution is -2.10. The Morgan fingerprint density at radius 3 is 3.07 bits per heavy atom. The van der Waals surface area contributed by atoms with Crippen molar-refractivity contribution in [3.63, 3.8) is 0 Å². The summed E-state index contributed by atoms with van der Waals surface area (Å²) in [7, 11) is 0. The molecule has 0 fully saturated rings. The van der Waals surface area contributed by atoms with Crippen molar-refractivity contribution in [2.45, 2.75) is 25.8 Å². The maximum atomic E-state index is 13.3. The number of benzene rings is 1. The van der Waals surface area contributed by atoms with Crippen LogP contribution < -0.4 is 10.5 Å². The Morgan fingerprint density at radius 2 is 2.36 bits per heavy atom. The van der Waals surface area contributed by atoms with E-state index in [0.717, 1.165) is 12.0 Å². The zero-order valence-corrected chi connectivity index (χ0v) is 8.22. The Hall–Kier alpha value is -1.09. The van der Waals surface area contributed by atoms with Crippen LogP contribution in [0.3, 0.4) is 0 Å². The van der Waals surface area contributed by atoms with E-state index < -0.39 is 0 Å². The van der Waals surface area contributed by atoms with Crippen LogP contribution in [0.15, 0.2) is 12.1 Å². The van der Waals surface area contributed by atoms with E-state index in [1.54, 1.807) is 6.07 Å². The summed E-state index contributed by atoms with van der Waals surface area (Å²) in [5.41, 5.74) is 7.53. The van der Waals surface area contributed by atoms with Gasteiger partial charge in [-0.3, -0.25) is 0 Å². The Bertz CT molecular complexity index is 351. The maximum Gasteiger partial charge on any atom is 0.130 e. The van der Waals surface area contributed by atoms with E-state index in [1.807, 2.05) is 6.92 Å². The highest BCUT2D eigenvalue weighted by molar-refractivity contribution is 5.46. The topological polar surface area (TPSA) is 35.2 Å². The highest BCUT2D eigenvalue weighted by Gasteiger charge is 2.22. The van der Waals surface area contributed by atoms with Gasteiger partial charge in [-0.05, 0) is 12.5 Å². The van der Waals surface area contributed by atoms with Gasteiger partial charge in [0.25, 0.3) is 0 Å². The smallest absolute Gasteiger partial charge is 0.130 e. The lowest BCUT2D eigenvalue weighted by atomic mass is 10.0. The van der Waals surface area contributed by atoms with Crippen molar-refractivity contribution in [1.82, 2.24) is 0 Å². The second-order valence-electron chi connectivity index (χ2n) is 3.56. The van der Waals surface area contributed by atoms with Crippen LogP contribution in [-0.4, -0.2) is 6.61 Å².